The summed E-state index contributed by atoms with van der Waals surface area (Å²) in [7, 11) is 0. The largest absolute Gasteiger partial charge is 0.0998 e. The lowest BCUT2D eigenvalue weighted by molar-refractivity contribution is 1.00. The Labute approximate surface area is 302 Å². The van der Waals surface area contributed by atoms with E-state index in [-0.39, 0.29) is 0 Å². The average Bonchev–Trinajstić information content (AvgIpc) is 3.18. The molecule has 0 aliphatic heterocycles. The van der Waals surface area contributed by atoms with E-state index in [1.54, 1.807) is 0 Å². The summed E-state index contributed by atoms with van der Waals surface area (Å²) >= 11 is 0. The summed E-state index contributed by atoms with van der Waals surface area (Å²) in [5.41, 5.74) is 10.1. The number of rotatable bonds is 8. The van der Waals surface area contributed by atoms with Crippen LogP contribution < -0.4 is 0 Å². The first-order valence-corrected chi connectivity index (χ1v) is 17.9. The van der Waals surface area contributed by atoms with Gasteiger partial charge in [-0.2, -0.15) is 0 Å². The van der Waals surface area contributed by atoms with Gasteiger partial charge in [-0.05, 0) is 121 Å². The maximum Gasteiger partial charge on any atom is -0.00204 e. The Morgan fingerprint density at radius 3 is 1.71 bits per heavy atom. The minimum absolute atomic E-state index is 0.893. The van der Waals surface area contributed by atoms with Crippen LogP contribution in [0, 0.1) is 0 Å². The molecule has 0 heteroatoms. The van der Waals surface area contributed by atoms with Gasteiger partial charge in [0.05, 0.1) is 0 Å². The van der Waals surface area contributed by atoms with Crippen molar-refractivity contribution < 1.29 is 0 Å². The van der Waals surface area contributed by atoms with E-state index in [1.165, 1.54) is 76.5 Å². The standard InChI is InChI=1S/C39H30.C12H14/c1-27(28-13-3-2-4-14-28)12-11-16-29-15-5-6-17-32(29)30-22-24-33-31(26-30)23-25-38-36-20-8-7-18-34(36)35-19-9-10-21-37(35)39(33)38;1-10(2)9-11(3)12-7-5-4-6-8-12/h2-10,12-15,17-26H,11,16H2,1H3;4-8H,1,3,9H2,2H3/b27-12+;. The van der Waals surface area contributed by atoms with E-state index in [4.69, 9.17) is 0 Å². The van der Waals surface area contributed by atoms with Gasteiger partial charge in [0.25, 0.3) is 0 Å². The fraction of sp³-hybridized carbons (Fsp3) is 0.0980. The monoisotopic (exact) mass is 656 g/mol. The predicted octanol–water partition coefficient (Wildman–Crippen LogP) is 14.7. The molecule has 0 saturated carbocycles. The van der Waals surface area contributed by atoms with E-state index < -0.39 is 0 Å². The zero-order chi connectivity index (χ0) is 35.2. The summed E-state index contributed by atoms with van der Waals surface area (Å²) in [6, 6.07) is 59.0. The van der Waals surface area contributed by atoms with Gasteiger partial charge in [0.2, 0.25) is 0 Å². The van der Waals surface area contributed by atoms with Crippen LogP contribution in [0.1, 0.15) is 43.4 Å². The summed E-state index contributed by atoms with van der Waals surface area (Å²) in [6.45, 7) is 12.1. The van der Waals surface area contributed by atoms with Crippen LogP contribution in [0.25, 0.3) is 65.4 Å². The van der Waals surface area contributed by atoms with Crippen molar-refractivity contribution in [3.05, 3.63) is 205 Å². The SMILES string of the molecule is C/C(=C\CCc1ccccc1-c1ccc2c(ccc3c4ccccc4c4ccccc4c23)c1)c1ccccc1.C=C(C)CC(=C)c1ccccc1. The maximum atomic E-state index is 4.00. The number of hydrogen-bond donors (Lipinski definition) is 0. The topological polar surface area (TPSA) is 0 Å². The summed E-state index contributed by atoms with van der Waals surface area (Å²) in [5, 5.41) is 10.6. The molecule has 0 N–H and O–H groups in total. The molecule has 0 saturated heterocycles. The minimum atomic E-state index is 0.893. The highest BCUT2D eigenvalue weighted by Crippen LogP contribution is 2.40. The van der Waals surface area contributed by atoms with Crippen LogP contribution in [0.5, 0.6) is 0 Å². The molecule has 0 bridgehead atoms. The third-order valence-corrected chi connectivity index (χ3v) is 9.84. The molecular formula is C51H44. The van der Waals surface area contributed by atoms with Gasteiger partial charge in [0.1, 0.15) is 0 Å². The molecule has 0 fully saturated rings. The van der Waals surface area contributed by atoms with Gasteiger partial charge in [-0.1, -0.05) is 183 Å². The van der Waals surface area contributed by atoms with Crippen molar-refractivity contribution in [2.24, 2.45) is 0 Å². The van der Waals surface area contributed by atoms with E-state index in [1.807, 2.05) is 25.1 Å². The van der Waals surface area contributed by atoms with Gasteiger partial charge in [-0.3, -0.25) is 0 Å². The Hall–Kier alpha value is -5.98. The van der Waals surface area contributed by atoms with Crippen LogP contribution in [0.2, 0.25) is 0 Å². The van der Waals surface area contributed by atoms with Crippen molar-refractivity contribution in [3.8, 4) is 11.1 Å². The first-order valence-electron chi connectivity index (χ1n) is 17.9. The zero-order valence-corrected chi connectivity index (χ0v) is 29.7. The van der Waals surface area contributed by atoms with Crippen molar-refractivity contribution in [2.75, 3.05) is 0 Å². The van der Waals surface area contributed by atoms with Gasteiger partial charge in [-0.25, -0.2) is 0 Å². The summed E-state index contributed by atoms with van der Waals surface area (Å²) < 4.78 is 0. The quantitative estimate of drug-likeness (QED) is 0.113. The molecule has 0 atom stereocenters. The highest BCUT2D eigenvalue weighted by Gasteiger charge is 2.12. The molecule has 51 heavy (non-hydrogen) atoms. The van der Waals surface area contributed by atoms with E-state index in [0.717, 1.165) is 30.4 Å². The summed E-state index contributed by atoms with van der Waals surface area (Å²) in [6.07, 6.45) is 5.31. The Kier molecular flexibility index (Phi) is 10.0. The van der Waals surface area contributed by atoms with Crippen molar-refractivity contribution in [2.45, 2.75) is 33.1 Å². The Balaban J connectivity index is 0.000000289. The smallest absolute Gasteiger partial charge is 0.00204 e. The van der Waals surface area contributed by atoms with Gasteiger partial charge < -0.3 is 0 Å². The van der Waals surface area contributed by atoms with Crippen LogP contribution in [0.3, 0.4) is 0 Å². The molecule has 0 radical (unpaired) electrons. The molecule has 248 valence electrons. The van der Waals surface area contributed by atoms with E-state index in [2.05, 4.69) is 172 Å². The zero-order valence-electron chi connectivity index (χ0n) is 29.7. The van der Waals surface area contributed by atoms with Crippen LogP contribution in [-0.2, 0) is 6.42 Å². The first-order chi connectivity index (χ1) is 25.0. The molecule has 0 heterocycles. The normalized spacial score (nSPS) is 11.5. The number of benzene rings is 8. The van der Waals surface area contributed by atoms with Gasteiger partial charge in [0, 0.05) is 0 Å². The Bertz CT molecular complexity index is 2500. The molecular weight excluding hydrogens is 613 g/mol. The fourth-order valence-electron chi connectivity index (χ4n) is 7.32. The van der Waals surface area contributed by atoms with Crippen molar-refractivity contribution in [3.63, 3.8) is 0 Å². The third-order valence-electron chi connectivity index (χ3n) is 9.84. The van der Waals surface area contributed by atoms with Crippen molar-refractivity contribution in [1.29, 1.82) is 0 Å². The van der Waals surface area contributed by atoms with Crippen LogP contribution >= 0.6 is 0 Å². The molecule has 8 aromatic rings. The highest BCUT2D eigenvalue weighted by atomic mass is 14.2. The van der Waals surface area contributed by atoms with Gasteiger partial charge in [-0.15, -0.1) is 0 Å². The lowest BCUT2D eigenvalue weighted by atomic mass is 9.89. The maximum absolute atomic E-state index is 4.00. The van der Waals surface area contributed by atoms with Crippen LogP contribution in [0.4, 0.5) is 0 Å². The van der Waals surface area contributed by atoms with Gasteiger partial charge >= 0.3 is 0 Å². The molecule has 8 rings (SSSR count). The Morgan fingerprint density at radius 1 is 0.510 bits per heavy atom. The number of fused-ring (bicyclic) bond motifs is 8. The molecule has 0 unspecified atom stereocenters. The van der Waals surface area contributed by atoms with Crippen LogP contribution in [0.15, 0.2) is 189 Å². The minimum Gasteiger partial charge on any atom is -0.0998 e. The lowest BCUT2D eigenvalue weighted by Crippen LogP contribution is -1.91. The molecule has 0 aromatic heterocycles. The second-order valence-electron chi connectivity index (χ2n) is 13.6. The van der Waals surface area contributed by atoms with Gasteiger partial charge in [0.15, 0.2) is 0 Å². The number of allylic oxidation sites excluding steroid dienone is 4. The predicted molar refractivity (Wildman–Crippen MR) is 225 cm³/mol. The van der Waals surface area contributed by atoms with Crippen molar-refractivity contribution >= 4 is 54.2 Å². The second-order valence-corrected chi connectivity index (χ2v) is 13.6. The summed E-state index contributed by atoms with van der Waals surface area (Å²) in [5.74, 6) is 0. The number of aryl methyl sites for hydroxylation is 1. The molecule has 0 aliphatic carbocycles. The highest BCUT2D eigenvalue weighted by molar-refractivity contribution is 6.31. The molecule has 0 spiro atoms. The molecule has 8 aromatic carbocycles. The first kappa shape index (κ1) is 33.5. The fourth-order valence-corrected chi connectivity index (χ4v) is 7.32. The number of hydrogen-bond acceptors (Lipinski definition) is 0. The second kappa shape index (κ2) is 15.3. The molecule has 0 nitrogen and oxygen atoms in total. The average molecular weight is 657 g/mol. The third kappa shape index (κ3) is 7.32. The van der Waals surface area contributed by atoms with Crippen molar-refractivity contribution in [1.82, 2.24) is 0 Å². The molecule has 0 aliphatic rings. The van der Waals surface area contributed by atoms with Crippen LogP contribution in [-0.4, -0.2) is 0 Å². The molecule has 0 amide bonds. The Morgan fingerprint density at radius 2 is 1.04 bits per heavy atom. The lowest BCUT2D eigenvalue weighted by Gasteiger charge is -2.14. The van der Waals surface area contributed by atoms with E-state index in [9.17, 15) is 0 Å². The summed E-state index contributed by atoms with van der Waals surface area (Å²) in [4.78, 5) is 0. The van der Waals surface area contributed by atoms with E-state index in [0.29, 0.717) is 0 Å². The van der Waals surface area contributed by atoms with E-state index >= 15 is 0 Å².